The van der Waals surface area contributed by atoms with Crippen molar-refractivity contribution in [2.75, 3.05) is 31.1 Å². The van der Waals surface area contributed by atoms with Crippen molar-refractivity contribution in [1.29, 1.82) is 0 Å². The first-order valence-electron chi connectivity index (χ1n) is 10.2. The highest BCUT2D eigenvalue weighted by Gasteiger charge is 2.24. The molecule has 0 atom stereocenters. The zero-order valence-corrected chi connectivity index (χ0v) is 19.3. The first kappa shape index (κ1) is 21.3. The molecule has 0 radical (unpaired) electrons. The molecule has 0 saturated carbocycles. The standard InChI is InChI=1S/C23H19Cl2N5OS/c24-16-2-1-3-17(25)21(16)28-23-29-22(31)20(32-23)13-14-4-5-18-15(12-14)19(6-7-27-18)30-10-8-26-9-11-30/h1-7,12-13,26H,8-11H2,(H,28,29,31). The number of fused-ring (bicyclic) bond motifs is 1. The lowest BCUT2D eigenvalue weighted by Gasteiger charge is -2.30. The average Bonchev–Trinajstić information content (AvgIpc) is 3.15. The number of anilines is 1. The van der Waals surface area contributed by atoms with Gasteiger partial charge in [-0.25, -0.2) is 4.99 Å². The molecule has 2 N–H and O–H groups in total. The van der Waals surface area contributed by atoms with Crippen molar-refractivity contribution in [3.05, 3.63) is 69.2 Å². The van der Waals surface area contributed by atoms with Gasteiger partial charge >= 0.3 is 0 Å². The Bertz CT molecular complexity index is 1250. The van der Waals surface area contributed by atoms with E-state index < -0.39 is 0 Å². The number of piperazine rings is 1. The smallest absolute Gasteiger partial charge is 0.264 e. The molecule has 0 aliphatic carbocycles. The van der Waals surface area contributed by atoms with Crippen LogP contribution in [0.1, 0.15) is 5.56 Å². The number of rotatable bonds is 3. The Kier molecular flexibility index (Phi) is 6.06. The fourth-order valence-electron chi connectivity index (χ4n) is 3.75. The number of amidine groups is 1. The van der Waals surface area contributed by atoms with E-state index >= 15 is 0 Å². The van der Waals surface area contributed by atoms with Gasteiger partial charge in [-0.05, 0) is 53.7 Å². The van der Waals surface area contributed by atoms with E-state index in [1.54, 1.807) is 18.2 Å². The van der Waals surface area contributed by atoms with Crippen molar-refractivity contribution >= 4 is 74.4 Å². The Labute approximate surface area is 199 Å². The highest BCUT2D eigenvalue weighted by Crippen LogP contribution is 2.36. The molecule has 0 bridgehead atoms. The Morgan fingerprint density at radius 3 is 2.66 bits per heavy atom. The molecule has 2 fully saturated rings. The maximum absolute atomic E-state index is 12.6. The van der Waals surface area contributed by atoms with Gasteiger partial charge in [0.15, 0.2) is 5.17 Å². The number of nitrogens with one attached hydrogen (secondary N) is 2. The predicted molar refractivity (Wildman–Crippen MR) is 134 cm³/mol. The Balaban J connectivity index is 1.46. The predicted octanol–water partition coefficient (Wildman–Crippen LogP) is 4.84. The molecule has 5 rings (SSSR count). The second kappa shape index (κ2) is 9.11. The topological polar surface area (TPSA) is 69.6 Å². The first-order chi connectivity index (χ1) is 15.6. The molecule has 0 spiro atoms. The summed E-state index contributed by atoms with van der Waals surface area (Å²) in [7, 11) is 0. The SMILES string of the molecule is O=C1NC(=Nc2c(Cl)cccc2Cl)SC1=Cc1ccc2nccc(N3CCNCC3)c2c1. The van der Waals surface area contributed by atoms with Gasteiger partial charge in [0, 0.05) is 43.4 Å². The van der Waals surface area contributed by atoms with E-state index in [0.717, 1.165) is 48.3 Å². The van der Waals surface area contributed by atoms with Crippen LogP contribution in [-0.4, -0.2) is 42.2 Å². The summed E-state index contributed by atoms with van der Waals surface area (Å²) in [5, 5.41) is 8.55. The number of aliphatic imine (C=N–C) groups is 1. The maximum Gasteiger partial charge on any atom is 0.264 e. The number of carbonyl (C=O) groups is 1. The van der Waals surface area contributed by atoms with Gasteiger partial charge in [0.25, 0.3) is 5.91 Å². The molecule has 6 nitrogen and oxygen atoms in total. The van der Waals surface area contributed by atoms with Crippen LogP contribution in [0, 0.1) is 0 Å². The third-order valence-corrected chi connectivity index (χ3v) is 6.82. The number of carbonyl (C=O) groups excluding carboxylic acids is 1. The zero-order chi connectivity index (χ0) is 22.1. The molecule has 1 aromatic heterocycles. The number of nitrogens with zero attached hydrogens (tertiary/aromatic N) is 3. The molecule has 2 aliphatic rings. The van der Waals surface area contributed by atoms with Crippen molar-refractivity contribution in [2.24, 2.45) is 4.99 Å². The minimum atomic E-state index is -0.203. The molecule has 2 aromatic carbocycles. The number of amides is 1. The highest BCUT2D eigenvalue weighted by molar-refractivity contribution is 8.18. The lowest BCUT2D eigenvalue weighted by atomic mass is 10.1. The summed E-state index contributed by atoms with van der Waals surface area (Å²) in [4.78, 5) is 24.4. The van der Waals surface area contributed by atoms with Crippen LogP contribution in [0.4, 0.5) is 11.4 Å². The summed E-state index contributed by atoms with van der Waals surface area (Å²) >= 11 is 13.7. The number of benzene rings is 2. The van der Waals surface area contributed by atoms with Crippen LogP contribution in [0.3, 0.4) is 0 Å². The molecular formula is C23H19Cl2N5OS. The molecule has 0 unspecified atom stereocenters. The summed E-state index contributed by atoms with van der Waals surface area (Å²) in [6.45, 7) is 3.82. The van der Waals surface area contributed by atoms with E-state index in [1.807, 2.05) is 24.4 Å². The van der Waals surface area contributed by atoms with Crippen LogP contribution >= 0.6 is 35.0 Å². The zero-order valence-electron chi connectivity index (χ0n) is 16.9. The molecule has 3 aromatic rings. The van der Waals surface area contributed by atoms with Crippen molar-refractivity contribution in [3.63, 3.8) is 0 Å². The maximum atomic E-state index is 12.6. The quantitative estimate of drug-likeness (QED) is 0.521. The monoisotopic (exact) mass is 483 g/mol. The summed E-state index contributed by atoms with van der Waals surface area (Å²) in [6, 6.07) is 13.3. The van der Waals surface area contributed by atoms with E-state index in [0.29, 0.717) is 25.8 Å². The number of halogens is 2. The van der Waals surface area contributed by atoms with Crippen LogP contribution < -0.4 is 15.5 Å². The van der Waals surface area contributed by atoms with Crippen LogP contribution in [0.15, 0.2) is 58.6 Å². The number of para-hydroxylation sites is 1. The van der Waals surface area contributed by atoms with Crippen molar-refractivity contribution in [3.8, 4) is 0 Å². The number of hydrogen-bond donors (Lipinski definition) is 2. The van der Waals surface area contributed by atoms with Gasteiger partial charge < -0.3 is 15.5 Å². The van der Waals surface area contributed by atoms with Crippen molar-refractivity contribution < 1.29 is 4.79 Å². The lowest BCUT2D eigenvalue weighted by molar-refractivity contribution is -0.115. The number of thioether (sulfide) groups is 1. The second-order valence-corrected chi connectivity index (χ2v) is 9.24. The van der Waals surface area contributed by atoms with Crippen LogP contribution in [0.5, 0.6) is 0 Å². The average molecular weight is 484 g/mol. The van der Waals surface area contributed by atoms with Crippen LogP contribution in [0.2, 0.25) is 10.0 Å². The number of aromatic nitrogens is 1. The van der Waals surface area contributed by atoms with E-state index in [1.165, 1.54) is 11.8 Å². The van der Waals surface area contributed by atoms with Crippen LogP contribution in [-0.2, 0) is 4.79 Å². The van der Waals surface area contributed by atoms with Gasteiger partial charge in [-0.3, -0.25) is 9.78 Å². The first-order valence-corrected chi connectivity index (χ1v) is 11.7. The van der Waals surface area contributed by atoms with Crippen molar-refractivity contribution in [1.82, 2.24) is 15.6 Å². The summed E-state index contributed by atoms with van der Waals surface area (Å²) in [5.41, 5.74) is 3.46. The fourth-order valence-corrected chi connectivity index (χ4v) is 5.06. The summed E-state index contributed by atoms with van der Waals surface area (Å²) in [5.74, 6) is -0.203. The second-order valence-electron chi connectivity index (χ2n) is 7.40. The lowest BCUT2D eigenvalue weighted by Crippen LogP contribution is -2.43. The largest absolute Gasteiger partial charge is 0.368 e. The highest BCUT2D eigenvalue weighted by atomic mass is 35.5. The Morgan fingerprint density at radius 1 is 1.09 bits per heavy atom. The van der Waals surface area contributed by atoms with Gasteiger partial charge in [0.1, 0.15) is 5.69 Å². The van der Waals surface area contributed by atoms with Gasteiger partial charge in [-0.1, -0.05) is 35.3 Å². The molecule has 3 heterocycles. The van der Waals surface area contributed by atoms with Gasteiger partial charge in [-0.15, -0.1) is 0 Å². The Hall–Kier alpha value is -2.58. The number of pyridine rings is 1. The minimum Gasteiger partial charge on any atom is -0.368 e. The molecule has 162 valence electrons. The summed E-state index contributed by atoms with van der Waals surface area (Å²) < 4.78 is 0. The van der Waals surface area contributed by atoms with Gasteiger partial charge in [0.2, 0.25) is 0 Å². The molecule has 1 amide bonds. The van der Waals surface area contributed by atoms with Gasteiger partial charge in [0.05, 0.1) is 20.5 Å². The molecule has 2 saturated heterocycles. The van der Waals surface area contributed by atoms with E-state index in [-0.39, 0.29) is 5.91 Å². The molecule has 32 heavy (non-hydrogen) atoms. The molecule has 2 aliphatic heterocycles. The van der Waals surface area contributed by atoms with E-state index in [4.69, 9.17) is 23.2 Å². The fraction of sp³-hybridized carbons (Fsp3) is 0.174. The normalized spacial score (nSPS) is 19.2. The summed E-state index contributed by atoms with van der Waals surface area (Å²) in [6.07, 6.45) is 3.71. The Morgan fingerprint density at radius 2 is 1.88 bits per heavy atom. The van der Waals surface area contributed by atoms with Gasteiger partial charge in [-0.2, -0.15) is 0 Å². The van der Waals surface area contributed by atoms with Crippen LogP contribution in [0.25, 0.3) is 17.0 Å². The van der Waals surface area contributed by atoms with E-state index in [9.17, 15) is 4.79 Å². The number of hydrogen-bond acceptors (Lipinski definition) is 6. The third-order valence-electron chi connectivity index (χ3n) is 5.30. The van der Waals surface area contributed by atoms with Crippen molar-refractivity contribution in [2.45, 2.75) is 0 Å². The van der Waals surface area contributed by atoms with E-state index in [2.05, 4.69) is 37.6 Å². The molecular weight excluding hydrogens is 465 g/mol. The third kappa shape index (κ3) is 4.34. The minimum absolute atomic E-state index is 0.203. The molecule has 9 heteroatoms.